The summed E-state index contributed by atoms with van der Waals surface area (Å²) in [5, 5.41) is 13.3. The summed E-state index contributed by atoms with van der Waals surface area (Å²) in [6, 6.07) is 10.4. The SMILES string of the molecule is CCn1c(CC2CCCCC2)nnc1SCc1csc(-c2ccccc2)n1. The van der Waals surface area contributed by atoms with Crippen LogP contribution in [0.3, 0.4) is 0 Å². The van der Waals surface area contributed by atoms with Gasteiger partial charge in [0.15, 0.2) is 5.16 Å². The molecular formula is C21H26N4S2. The van der Waals surface area contributed by atoms with Crippen molar-refractivity contribution < 1.29 is 0 Å². The van der Waals surface area contributed by atoms with E-state index in [9.17, 15) is 0 Å². The number of rotatable bonds is 7. The van der Waals surface area contributed by atoms with E-state index >= 15 is 0 Å². The number of thiazole rings is 1. The molecule has 1 fully saturated rings. The molecule has 6 heteroatoms. The van der Waals surface area contributed by atoms with E-state index in [1.807, 2.05) is 6.07 Å². The van der Waals surface area contributed by atoms with Gasteiger partial charge in [-0.15, -0.1) is 21.5 Å². The maximum atomic E-state index is 4.79. The maximum absolute atomic E-state index is 4.79. The molecule has 0 radical (unpaired) electrons. The predicted octanol–water partition coefficient (Wildman–Crippen LogP) is 5.84. The molecule has 27 heavy (non-hydrogen) atoms. The summed E-state index contributed by atoms with van der Waals surface area (Å²) in [5.74, 6) is 2.79. The average Bonchev–Trinajstić information content (AvgIpc) is 3.34. The zero-order chi connectivity index (χ0) is 18.5. The second-order valence-electron chi connectivity index (χ2n) is 7.15. The van der Waals surface area contributed by atoms with Crippen LogP contribution in [0.25, 0.3) is 10.6 Å². The van der Waals surface area contributed by atoms with Gasteiger partial charge in [0.2, 0.25) is 0 Å². The molecule has 1 aliphatic carbocycles. The highest BCUT2D eigenvalue weighted by molar-refractivity contribution is 7.98. The first-order chi connectivity index (χ1) is 13.3. The van der Waals surface area contributed by atoms with Crippen LogP contribution in [-0.4, -0.2) is 19.7 Å². The van der Waals surface area contributed by atoms with Gasteiger partial charge in [0.1, 0.15) is 10.8 Å². The summed E-state index contributed by atoms with van der Waals surface area (Å²) in [6.45, 7) is 3.12. The molecule has 0 spiro atoms. The molecule has 1 aromatic carbocycles. The van der Waals surface area contributed by atoms with Crippen molar-refractivity contribution >= 4 is 23.1 Å². The second-order valence-corrected chi connectivity index (χ2v) is 8.95. The van der Waals surface area contributed by atoms with Crippen LogP contribution < -0.4 is 0 Å². The van der Waals surface area contributed by atoms with Crippen molar-refractivity contribution in [1.29, 1.82) is 0 Å². The molecule has 2 aromatic heterocycles. The van der Waals surface area contributed by atoms with Crippen LogP contribution in [0.1, 0.15) is 50.5 Å². The molecule has 0 bridgehead atoms. The Morgan fingerprint density at radius 2 is 1.93 bits per heavy atom. The van der Waals surface area contributed by atoms with Gasteiger partial charge in [0.25, 0.3) is 0 Å². The van der Waals surface area contributed by atoms with E-state index in [4.69, 9.17) is 4.98 Å². The van der Waals surface area contributed by atoms with Gasteiger partial charge in [-0.25, -0.2) is 4.98 Å². The first kappa shape index (κ1) is 18.7. The molecule has 1 saturated carbocycles. The predicted molar refractivity (Wildman–Crippen MR) is 113 cm³/mol. The van der Waals surface area contributed by atoms with Crippen LogP contribution in [0.5, 0.6) is 0 Å². The summed E-state index contributed by atoms with van der Waals surface area (Å²) >= 11 is 3.46. The largest absolute Gasteiger partial charge is 0.306 e. The number of thioether (sulfide) groups is 1. The van der Waals surface area contributed by atoms with Gasteiger partial charge in [-0.1, -0.05) is 74.2 Å². The molecule has 4 nitrogen and oxygen atoms in total. The number of benzene rings is 1. The third kappa shape index (κ3) is 4.61. The number of aromatic nitrogens is 4. The highest BCUT2D eigenvalue weighted by atomic mass is 32.2. The molecule has 3 aromatic rings. The maximum Gasteiger partial charge on any atom is 0.191 e. The fraction of sp³-hybridized carbons (Fsp3) is 0.476. The lowest BCUT2D eigenvalue weighted by molar-refractivity contribution is 0.347. The highest BCUT2D eigenvalue weighted by Crippen LogP contribution is 2.30. The lowest BCUT2D eigenvalue weighted by Gasteiger charge is -2.21. The Morgan fingerprint density at radius 1 is 1.11 bits per heavy atom. The first-order valence-corrected chi connectivity index (χ1v) is 11.7. The van der Waals surface area contributed by atoms with Crippen molar-refractivity contribution in [2.24, 2.45) is 5.92 Å². The molecule has 0 aliphatic heterocycles. The smallest absolute Gasteiger partial charge is 0.191 e. The molecule has 0 unspecified atom stereocenters. The average molecular weight is 399 g/mol. The molecule has 0 saturated heterocycles. The van der Waals surface area contributed by atoms with Crippen molar-refractivity contribution in [3.05, 3.63) is 47.2 Å². The number of hydrogen-bond acceptors (Lipinski definition) is 5. The zero-order valence-corrected chi connectivity index (χ0v) is 17.4. The summed E-state index contributed by atoms with van der Waals surface area (Å²) < 4.78 is 2.30. The first-order valence-electron chi connectivity index (χ1n) is 9.88. The van der Waals surface area contributed by atoms with E-state index < -0.39 is 0 Å². The molecule has 2 heterocycles. The van der Waals surface area contributed by atoms with Crippen molar-refractivity contribution in [3.8, 4) is 10.6 Å². The van der Waals surface area contributed by atoms with E-state index in [2.05, 4.69) is 51.3 Å². The molecule has 0 atom stereocenters. The van der Waals surface area contributed by atoms with Crippen LogP contribution >= 0.6 is 23.1 Å². The minimum Gasteiger partial charge on any atom is -0.306 e. The van der Waals surface area contributed by atoms with Crippen molar-refractivity contribution in [2.75, 3.05) is 0 Å². The third-order valence-electron chi connectivity index (χ3n) is 5.23. The molecule has 142 valence electrons. The van der Waals surface area contributed by atoms with Gasteiger partial charge in [0, 0.05) is 29.7 Å². The van der Waals surface area contributed by atoms with Crippen molar-refractivity contribution in [3.63, 3.8) is 0 Å². The number of nitrogens with zero attached hydrogens (tertiary/aromatic N) is 4. The van der Waals surface area contributed by atoms with Crippen LogP contribution in [0.2, 0.25) is 0 Å². The highest BCUT2D eigenvalue weighted by Gasteiger charge is 2.19. The van der Waals surface area contributed by atoms with Crippen molar-refractivity contribution in [1.82, 2.24) is 19.7 Å². The Labute approximate surface area is 169 Å². The summed E-state index contributed by atoms with van der Waals surface area (Å²) in [6.07, 6.45) is 7.92. The molecular weight excluding hydrogens is 372 g/mol. The topological polar surface area (TPSA) is 43.6 Å². The Bertz CT molecular complexity index is 850. The standard InChI is InChI=1S/C21H26N4S2/c1-2-25-19(13-16-9-5-3-6-10-16)23-24-21(25)27-15-18-14-26-20(22-18)17-11-7-4-8-12-17/h4,7-8,11-12,14,16H,2-3,5-6,9-10,13,15H2,1H3. The van der Waals surface area contributed by atoms with Gasteiger partial charge in [-0.05, 0) is 12.8 Å². The van der Waals surface area contributed by atoms with Gasteiger partial charge < -0.3 is 4.57 Å². The van der Waals surface area contributed by atoms with Crippen LogP contribution in [0, 0.1) is 5.92 Å². The van der Waals surface area contributed by atoms with E-state index in [0.29, 0.717) is 0 Å². The molecule has 4 rings (SSSR count). The van der Waals surface area contributed by atoms with Gasteiger partial charge >= 0.3 is 0 Å². The Balaban J connectivity index is 1.40. The minimum absolute atomic E-state index is 0.790. The van der Waals surface area contributed by atoms with Crippen LogP contribution in [0.15, 0.2) is 40.9 Å². The lowest BCUT2D eigenvalue weighted by Crippen LogP contribution is -2.13. The van der Waals surface area contributed by atoms with E-state index in [-0.39, 0.29) is 0 Å². The van der Waals surface area contributed by atoms with E-state index in [0.717, 1.165) is 46.3 Å². The third-order valence-corrected chi connectivity index (χ3v) is 7.17. The molecule has 1 aliphatic rings. The van der Waals surface area contributed by atoms with Crippen LogP contribution in [0.4, 0.5) is 0 Å². The summed E-state index contributed by atoms with van der Waals surface area (Å²) in [4.78, 5) is 4.79. The summed E-state index contributed by atoms with van der Waals surface area (Å²) in [7, 11) is 0. The summed E-state index contributed by atoms with van der Waals surface area (Å²) in [5.41, 5.74) is 2.30. The fourth-order valence-electron chi connectivity index (χ4n) is 3.77. The Kier molecular flexibility index (Phi) is 6.24. The van der Waals surface area contributed by atoms with Gasteiger partial charge in [0.05, 0.1) is 5.69 Å². The Morgan fingerprint density at radius 3 is 2.70 bits per heavy atom. The lowest BCUT2D eigenvalue weighted by atomic mass is 9.87. The second kappa shape index (κ2) is 9.02. The number of hydrogen-bond donors (Lipinski definition) is 0. The van der Waals surface area contributed by atoms with E-state index in [1.54, 1.807) is 23.1 Å². The zero-order valence-electron chi connectivity index (χ0n) is 15.8. The van der Waals surface area contributed by atoms with Gasteiger partial charge in [-0.3, -0.25) is 0 Å². The quantitative estimate of drug-likeness (QED) is 0.469. The monoisotopic (exact) mass is 398 g/mol. The Hall–Kier alpha value is -1.66. The normalized spacial score (nSPS) is 15.3. The fourth-order valence-corrected chi connectivity index (χ4v) is 5.61. The van der Waals surface area contributed by atoms with Crippen molar-refractivity contribution in [2.45, 2.75) is 62.9 Å². The van der Waals surface area contributed by atoms with Gasteiger partial charge in [-0.2, -0.15) is 0 Å². The van der Waals surface area contributed by atoms with E-state index in [1.165, 1.54) is 37.7 Å². The van der Waals surface area contributed by atoms with Crippen LogP contribution in [-0.2, 0) is 18.7 Å². The molecule has 0 amide bonds. The molecule has 0 N–H and O–H groups in total. The minimum atomic E-state index is 0.790.